The molecule has 0 bridgehead atoms. The summed E-state index contributed by atoms with van der Waals surface area (Å²) in [5, 5.41) is 10.7. The number of carbonyl (C=O) groups excluding carboxylic acids is 4. The number of imide groups is 1. The highest BCUT2D eigenvalue weighted by atomic mass is 16.5. The minimum Gasteiger partial charge on any atom is -0.377 e. The van der Waals surface area contributed by atoms with Gasteiger partial charge in [0.2, 0.25) is 17.7 Å². The van der Waals surface area contributed by atoms with Gasteiger partial charge in [0.05, 0.1) is 24.0 Å². The van der Waals surface area contributed by atoms with Gasteiger partial charge in [0.1, 0.15) is 11.6 Å². The lowest BCUT2D eigenvalue weighted by Gasteiger charge is -2.43. The van der Waals surface area contributed by atoms with Crippen molar-refractivity contribution in [2.75, 3.05) is 57.3 Å². The van der Waals surface area contributed by atoms with Gasteiger partial charge < -0.3 is 25.2 Å². The zero-order valence-corrected chi connectivity index (χ0v) is 27.5. The van der Waals surface area contributed by atoms with Crippen molar-refractivity contribution >= 4 is 40.2 Å². The van der Waals surface area contributed by atoms with E-state index < -0.39 is 23.4 Å². The van der Waals surface area contributed by atoms with Crippen LogP contribution in [0.4, 0.5) is 5.69 Å². The SMILES string of the molecule is NC(=O)c1ccc(C2CCN(CCOC3CCN(C(=O)C4CN(c5ccc6nnn(C7CCC(=O)NC7=O)c(=O)c6c5)C4)CC3)CC2)cc1. The lowest BCUT2D eigenvalue weighted by Crippen LogP contribution is -2.56. The summed E-state index contributed by atoms with van der Waals surface area (Å²) in [5.74, 6) is -0.761. The summed E-state index contributed by atoms with van der Waals surface area (Å²) in [6, 6.07) is 12.1. The second-order valence-electron chi connectivity index (χ2n) is 13.6. The zero-order valence-electron chi connectivity index (χ0n) is 27.5. The second kappa shape index (κ2) is 14.0. The summed E-state index contributed by atoms with van der Waals surface area (Å²) in [5.41, 5.74) is 7.97. The van der Waals surface area contributed by atoms with Crippen LogP contribution >= 0.6 is 0 Å². The third kappa shape index (κ3) is 7.06. The molecule has 0 spiro atoms. The fraction of sp³-hybridized carbons (Fsp3) is 0.514. The van der Waals surface area contributed by atoms with E-state index in [0.717, 1.165) is 55.7 Å². The Labute approximate surface area is 283 Å². The maximum absolute atomic E-state index is 13.3. The van der Waals surface area contributed by atoms with Crippen LogP contribution in [0.5, 0.6) is 0 Å². The molecule has 3 N–H and O–H groups in total. The Balaban J connectivity index is 0.833. The van der Waals surface area contributed by atoms with Crippen LogP contribution in [0.25, 0.3) is 10.9 Å². The molecule has 4 fully saturated rings. The van der Waals surface area contributed by atoms with E-state index >= 15 is 0 Å². The highest BCUT2D eigenvalue weighted by Gasteiger charge is 2.37. The molecule has 258 valence electrons. The molecule has 1 unspecified atom stereocenters. The minimum atomic E-state index is -0.878. The first-order valence-corrected chi connectivity index (χ1v) is 17.2. The Bertz CT molecular complexity index is 1790. The van der Waals surface area contributed by atoms with Crippen LogP contribution in [-0.2, 0) is 19.1 Å². The van der Waals surface area contributed by atoms with Gasteiger partial charge in [-0.25, -0.2) is 0 Å². The molecule has 0 radical (unpaired) electrons. The standard InChI is InChI=1S/C35H42N8O6/c36-32(45)24-3-1-22(2-4-24)23-9-13-40(14-10-23)17-18-49-27-11-15-41(16-12-27)34(47)25-20-42(21-25)26-5-6-29-28(19-26)35(48)43(39-38-29)30-7-8-31(44)37-33(30)46/h1-6,19,23,25,27,30H,7-18,20-21H2,(H2,36,45)(H,37,44,46). The average molecular weight is 671 g/mol. The number of primary amides is 1. The van der Waals surface area contributed by atoms with Crippen LogP contribution in [-0.4, -0.2) is 107 Å². The van der Waals surface area contributed by atoms with E-state index in [4.69, 9.17) is 10.5 Å². The van der Waals surface area contributed by atoms with Gasteiger partial charge in [-0.05, 0) is 87.0 Å². The van der Waals surface area contributed by atoms with Gasteiger partial charge in [0.25, 0.3) is 11.5 Å². The van der Waals surface area contributed by atoms with E-state index in [2.05, 4.69) is 25.4 Å². The average Bonchev–Trinajstić information content (AvgIpc) is 3.09. The van der Waals surface area contributed by atoms with Crippen molar-refractivity contribution in [2.45, 2.75) is 56.6 Å². The van der Waals surface area contributed by atoms with Gasteiger partial charge >= 0.3 is 0 Å². The number of hydrogen-bond acceptors (Lipinski definition) is 10. The molecule has 14 nitrogen and oxygen atoms in total. The first kappa shape index (κ1) is 32.8. The fourth-order valence-electron chi connectivity index (χ4n) is 7.46. The number of nitrogens with zero attached hydrogens (tertiary/aromatic N) is 6. The molecule has 4 saturated heterocycles. The van der Waals surface area contributed by atoms with E-state index in [9.17, 15) is 24.0 Å². The molecular formula is C35H42N8O6. The summed E-state index contributed by atoms with van der Waals surface area (Å²) in [7, 11) is 0. The second-order valence-corrected chi connectivity index (χ2v) is 13.6. The monoisotopic (exact) mass is 670 g/mol. The number of likely N-dealkylation sites (tertiary alicyclic amines) is 2. The number of carbonyl (C=O) groups is 4. The van der Waals surface area contributed by atoms with Crippen LogP contribution in [0.15, 0.2) is 47.3 Å². The Morgan fingerprint density at radius 1 is 0.918 bits per heavy atom. The lowest BCUT2D eigenvalue weighted by molar-refractivity contribution is -0.139. The summed E-state index contributed by atoms with van der Waals surface area (Å²) >= 11 is 0. The van der Waals surface area contributed by atoms with E-state index in [1.807, 2.05) is 35.2 Å². The Morgan fingerprint density at radius 3 is 2.35 bits per heavy atom. The first-order valence-electron chi connectivity index (χ1n) is 17.2. The summed E-state index contributed by atoms with van der Waals surface area (Å²) in [4.78, 5) is 68.2. The van der Waals surface area contributed by atoms with E-state index in [0.29, 0.717) is 55.2 Å². The zero-order chi connectivity index (χ0) is 34.1. The van der Waals surface area contributed by atoms with Crippen molar-refractivity contribution in [3.8, 4) is 0 Å². The van der Waals surface area contributed by atoms with E-state index in [1.54, 1.807) is 12.1 Å². The van der Waals surface area contributed by atoms with Crippen molar-refractivity contribution in [1.82, 2.24) is 30.1 Å². The maximum atomic E-state index is 13.3. The third-order valence-corrected chi connectivity index (χ3v) is 10.5. The van der Waals surface area contributed by atoms with E-state index in [-0.39, 0.29) is 36.7 Å². The number of aromatic nitrogens is 3. The number of nitrogens with two attached hydrogens (primary N) is 1. The molecule has 49 heavy (non-hydrogen) atoms. The fourth-order valence-corrected chi connectivity index (χ4v) is 7.46. The predicted octanol–water partition coefficient (Wildman–Crippen LogP) is 1.19. The van der Waals surface area contributed by atoms with Gasteiger partial charge in [0, 0.05) is 50.4 Å². The van der Waals surface area contributed by atoms with Crippen molar-refractivity contribution in [2.24, 2.45) is 11.7 Å². The highest BCUT2D eigenvalue weighted by Crippen LogP contribution is 2.30. The van der Waals surface area contributed by atoms with Gasteiger partial charge in [-0.3, -0.25) is 29.3 Å². The van der Waals surface area contributed by atoms with Crippen LogP contribution < -0.4 is 21.5 Å². The molecular weight excluding hydrogens is 628 g/mol. The van der Waals surface area contributed by atoms with Crippen molar-refractivity contribution in [1.29, 1.82) is 0 Å². The number of anilines is 1. The molecule has 1 aromatic heterocycles. The molecule has 0 aliphatic carbocycles. The number of amides is 4. The van der Waals surface area contributed by atoms with Crippen LogP contribution in [0, 0.1) is 5.92 Å². The topological polar surface area (TPSA) is 173 Å². The smallest absolute Gasteiger partial charge is 0.278 e. The number of hydrogen-bond donors (Lipinski definition) is 2. The van der Waals surface area contributed by atoms with E-state index in [1.165, 1.54) is 5.56 Å². The number of ether oxygens (including phenoxy) is 1. The predicted molar refractivity (Wildman–Crippen MR) is 180 cm³/mol. The minimum absolute atomic E-state index is 0.104. The number of benzene rings is 2. The Morgan fingerprint density at radius 2 is 1.65 bits per heavy atom. The van der Waals surface area contributed by atoms with Crippen molar-refractivity contribution in [3.63, 3.8) is 0 Å². The van der Waals surface area contributed by atoms with Gasteiger partial charge in [-0.2, -0.15) is 4.68 Å². The number of fused-ring (bicyclic) bond motifs is 1. The first-order chi connectivity index (χ1) is 23.7. The van der Waals surface area contributed by atoms with Crippen LogP contribution in [0.2, 0.25) is 0 Å². The van der Waals surface area contributed by atoms with Crippen LogP contribution in [0.1, 0.15) is 66.4 Å². The molecule has 14 heteroatoms. The number of nitrogens with one attached hydrogen (secondary N) is 1. The van der Waals surface area contributed by atoms with Crippen molar-refractivity contribution < 1.29 is 23.9 Å². The quantitative estimate of drug-likeness (QED) is 0.315. The largest absolute Gasteiger partial charge is 0.377 e. The highest BCUT2D eigenvalue weighted by molar-refractivity contribution is 5.99. The lowest BCUT2D eigenvalue weighted by atomic mass is 9.89. The molecule has 0 saturated carbocycles. The third-order valence-electron chi connectivity index (χ3n) is 10.5. The van der Waals surface area contributed by atoms with Crippen molar-refractivity contribution in [3.05, 3.63) is 63.9 Å². The summed E-state index contributed by atoms with van der Waals surface area (Å²) in [6.07, 6.45) is 4.31. The summed E-state index contributed by atoms with van der Waals surface area (Å²) < 4.78 is 7.29. The molecule has 1 atom stereocenters. The molecule has 4 aliphatic heterocycles. The Hall–Kier alpha value is -4.69. The molecule has 2 aromatic carbocycles. The normalized spacial score (nSPS) is 21.5. The maximum Gasteiger partial charge on any atom is 0.278 e. The van der Waals surface area contributed by atoms with Crippen LogP contribution in [0.3, 0.4) is 0 Å². The molecule has 7 rings (SSSR count). The number of rotatable bonds is 9. The van der Waals surface area contributed by atoms with Gasteiger partial charge in [0.15, 0.2) is 0 Å². The molecule has 4 aliphatic rings. The van der Waals surface area contributed by atoms with Gasteiger partial charge in [-0.1, -0.05) is 17.3 Å². The number of piperidine rings is 3. The van der Waals surface area contributed by atoms with Gasteiger partial charge in [-0.15, -0.1) is 5.10 Å². The molecule has 5 heterocycles. The Kier molecular flexibility index (Phi) is 9.41. The summed E-state index contributed by atoms with van der Waals surface area (Å²) in [6.45, 7) is 6.13. The molecule has 3 aromatic rings. The molecule has 4 amide bonds.